The second-order valence-corrected chi connectivity index (χ2v) is 4.97. The lowest BCUT2D eigenvalue weighted by Crippen LogP contribution is -2.24. The van der Waals surface area contributed by atoms with E-state index in [0.29, 0.717) is 18.8 Å². The Hall–Kier alpha value is -1.29. The Morgan fingerprint density at radius 2 is 2.00 bits per heavy atom. The molecule has 1 heterocycles. The summed E-state index contributed by atoms with van der Waals surface area (Å²) < 4.78 is 22.4. The number of hydrogen-bond donors (Lipinski definition) is 0. The van der Waals surface area contributed by atoms with Crippen LogP contribution in [0.2, 0.25) is 0 Å². The summed E-state index contributed by atoms with van der Waals surface area (Å²) in [5.41, 5.74) is 0.750. The summed E-state index contributed by atoms with van der Waals surface area (Å²) in [4.78, 5) is 9.10. The average molecular weight is 305 g/mol. The zero-order chi connectivity index (χ0) is 15.8. The van der Waals surface area contributed by atoms with Gasteiger partial charge in [-0.1, -0.05) is 13.8 Å². The van der Waals surface area contributed by atoms with Crippen molar-refractivity contribution in [3.63, 3.8) is 0 Å². The maximum atomic E-state index is 12.9. The van der Waals surface area contributed by atoms with E-state index in [1.165, 1.54) is 26.2 Å². The molecule has 1 aromatic rings. The van der Waals surface area contributed by atoms with Crippen LogP contribution in [0.15, 0.2) is 18.2 Å². The van der Waals surface area contributed by atoms with Crippen LogP contribution >= 0.6 is 11.6 Å². The summed E-state index contributed by atoms with van der Waals surface area (Å²) in [7, 11) is 1.35. The third kappa shape index (κ3) is 5.78. The van der Waals surface area contributed by atoms with Crippen molar-refractivity contribution < 1.29 is 18.7 Å². The topological polar surface area (TPSA) is 35.5 Å². The largest absolute Gasteiger partial charge is 0.493 e. The molecule has 0 N–H and O–H groups in total. The maximum absolute atomic E-state index is 12.9. The number of esters is 1. The molecule has 20 heavy (non-hydrogen) atoms. The normalized spacial score (nSPS) is 19.1. The highest BCUT2D eigenvalue weighted by molar-refractivity contribution is 6.24. The van der Waals surface area contributed by atoms with Gasteiger partial charge in [-0.25, -0.2) is 4.39 Å². The van der Waals surface area contributed by atoms with Crippen molar-refractivity contribution in [3.05, 3.63) is 29.6 Å². The van der Waals surface area contributed by atoms with Gasteiger partial charge in [0.05, 0.1) is 18.6 Å². The molecule has 1 unspecified atom stereocenters. The molecule has 1 atom stereocenters. The Balaban J connectivity index is 0.000000441. The second-order valence-electron chi connectivity index (χ2n) is 4.13. The van der Waals surface area contributed by atoms with Crippen LogP contribution in [0.25, 0.3) is 0 Å². The van der Waals surface area contributed by atoms with E-state index in [4.69, 9.17) is 16.3 Å². The van der Waals surface area contributed by atoms with Crippen LogP contribution in [-0.2, 0) is 14.4 Å². The molecule has 1 aromatic carbocycles. The van der Waals surface area contributed by atoms with Crippen LogP contribution in [0.4, 0.5) is 4.39 Å². The zero-order valence-corrected chi connectivity index (χ0v) is 13.4. The third-order valence-corrected chi connectivity index (χ3v) is 3.01. The van der Waals surface area contributed by atoms with Gasteiger partial charge in [0.15, 0.2) is 0 Å². The molecular formula is C15H22ClFO3. The maximum Gasteiger partial charge on any atom is 0.302 e. The molecule has 2 rings (SSSR count). The minimum Gasteiger partial charge on any atom is -0.493 e. The summed E-state index contributed by atoms with van der Waals surface area (Å²) in [5.74, 6) is 0.186. The van der Waals surface area contributed by atoms with Crippen molar-refractivity contribution >= 4 is 17.6 Å². The highest BCUT2D eigenvalue weighted by Crippen LogP contribution is 2.41. The van der Waals surface area contributed by atoms with Crippen molar-refractivity contribution in [3.8, 4) is 5.75 Å². The number of fused-ring (bicyclic) bond motifs is 1. The summed E-state index contributed by atoms with van der Waals surface area (Å²) in [6.07, 6.45) is 0.713. The molecule has 1 aliphatic rings. The molecule has 0 saturated heterocycles. The number of benzene rings is 1. The fourth-order valence-corrected chi connectivity index (χ4v) is 1.75. The van der Waals surface area contributed by atoms with Crippen LogP contribution in [0.1, 0.15) is 39.7 Å². The molecule has 0 bridgehead atoms. The molecule has 0 aromatic heterocycles. The van der Waals surface area contributed by atoms with E-state index < -0.39 is 4.87 Å². The van der Waals surface area contributed by atoms with Gasteiger partial charge >= 0.3 is 5.97 Å². The summed E-state index contributed by atoms with van der Waals surface area (Å²) in [6, 6.07) is 4.46. The van der Waals surface area contributed by atoms with Crippen LogP contribution in [0.5, 0.6) is 5.75 Å². The van der Waals surface area contributed by atoms with Crippen LogP contribution in [0.3, 0.4) is 0 Å². The predicted octanol–water partition coefficient (Wildman–Crippen LogP) is 4.27. The van der Waals surface area contributed by atoms with E-state index in [0.717, 1.165) is 5.56 Å². The first kappa shape index (κ1) is 18.7. The summed E-state index contributed by atoms with van der Waals surface area (Å²) in [6.45, 7) is 7.84. The van der Waals surface area contributed by atoms with Gasteiger partial charge in [0, 0.05) is 18.9 Å². The Kier molecular flexibility index (Phi) is 8.23. The molecule has 114 valence electrons. The SMILES string of the molecule is CC.CC1(Cl)CCOc2ccc(F)cc21.COC(C)=O. The monoisotopic (exact) mass is 304 g/mol. The first-order chi connectivity index (χ1) is 9.36. The van der Waals surface area contributed by atoms with Crippen LogP contribution in [-0.4, -0.2) is 19.7 Å². The predicted molar refractivity (Wildman–Crippen MR) is 78.8 cm³/mol. The van der Waals surface area contributed by atoms with Gasteiger partial charge in [0.25, 0.3) is 0 Å². The number of rotatable bonds is 0. The van der Waals surface area contributed by atoms with Crippen molar-refractivity contribution in [1.29, 1.82) is 0 Å². The molecular weight excluding hydrogens is 283 g/mol. The Labute approximate surface area is 125 Å². The third-order valence-electron chi connectivity index (χ3n) is 2.62. The Bertz CT molecular complexity index is 433. The fourth-order valence-electron chi connectivity index (χ4n) is 1.52. The first-order valence-corrected chi connectivity index (χ1v) is 6.91. The van der Waals surface area contributed by atoms with E-state index in [-0.39, 0.29) is 11.8 Å². The minimum atomic E-state index is -0.490. The number of hydrogen-bond acceptors (Lipinski definition) is 3. The molecule has 1 aliphatic heterocycles. The van der Waals surface area contributed by atoms with Crippen molar-refractivity contribution in [1.82, 2.24) is 0 Å². The lowest BCUT2D eigenvalue weighted by molar-refractivity contribution is -0.137. The Morgan fingerprint density at radius 3 is 2.50 bits per heavy atom. The molecule has 0 radical (unpaired) electrons. The van der Waals surface area contributed by atoms with Gasteiger partial charge in [-0.15, -0.1) is 11.6 Å². The average Bonchev–Trinajstić information content (AvgIpc) is 2.42. The summed E-state index contributed by atoms with van der Waals surface area (Å²) in [5, 5.41) is 0. The van der Waals surface area contributed by atoms with Crippen molar-refractivity contribution in [2.75, 3.05) is 13.7 Å². The number of methoxy groups -OCH3 is 1. The molecule has 0 amide bonds. The smallest absolute Gasteiger partial charge is 0.302 e. The molecule has 0 aliphatic carbocycles. The molecule has 0 saturated carbocycles. The second kappa shape index (κ2) is 8.80. The van der Waals surface area contributed by atoms with Gasteiger partial charge in [0.1, 0.15) is 11.6 Å². The van der Waals surface area contributed by atoms with Gasteiger partial charge < -0.3 is 9.47 Å². The molecule has 0 spiro atoms. The lowest BCUT2D eigenvalue weighted by Gasteiger charge is -2.30. The lowest BCUT2D eigenvalue weighted by atomic mass is 9.94. The van der Waals surface area contributed by atoms with Crippen LogP contribution < -0.4 is 4.74 Å². The standard InChI is InChI=1S/C10H10ClFO.C3H6O2.C2H6/c1-10(11)4-5-13-9-3-2-7(12)6-8(9)10;1-3(4)5-2;1-2/h2-3,6H,4-5H2,1H3;1-2H3;1-2H3. The highest BCUT2D eigenvalue weighted by atomic mass is 35.5. The number of carbonyl (C=O) groups is 1. The van der Waals surface area contributed by atoms with Crippen LogP contribution in [0, 0.1) is 5.82 Å². The zero-order valence-electron chi connectivity index (χ0n) is 12.6. The molecule has 3 nitrogen and oxygen atoms in total. The van der Waals surface area contributed by atoms with E-state index in [2.05, 4.69) is 4.74 Å². The van der Waals surface area contributed by atoms with Gasteiger partial charge in [0.2, 0.25) is 0 Å². The van der Waals surface area contributed by atoms with Crippen molar-refractivity contribution in [2.45, 2.75) is 39.0 Å². The number of alkyl halides is 1. The molecule has 5 heteroatoms. The Morgan fingerprint density at radius 1 is 1.45 bits per heavy atom. The summed E-state index contributed by atoms with van der Waals surface area (Å²) >= 11 is 6.23. The number of halogens is 2. The van der Waals surface area contributed by atoms with Crippen molar-refractivity contribution in [2.24, 2.45) is 0 Å². The number of carbonyl (C=O) groups excluding carboxylic acids is 1. The minimum absolute atomic E-state index is 0.245. The van der Waals surface area contributed by atoms with Gasteiger partial charge in [-0.05, 0) is 25.1 Å². The van der Waals surface area contributed by atoms with Gasteiger partial charge in [-0.3, -0.25) is 4.79 Å². The molecule has 0 fully saturated rings. The highest BCUT2D eigenvalue weighted by Gasteiger charge is 2.31. The van der Waals surface area contributed by atoms with E-state index in [9.17, 15) is 9.18 Å². The fraction of sp³-hybridized carbons (Fsp3) is 0.533. The quantitative estimate of drug-likeness (QED) is 0.530. The first-order valence-electron chi connectivity index (χ1n) is 6.53. The van der Waals surface area contributed by atoms with E-state index in [1.807, 2.05) is 20.8 Å². The van der Waals surface area contributed by atoms with E-state index >= 15 is 0 Å². The van der Waals surface area contributed by atoms with E-state index in [1.54, 1.807) is 6.07 Å². The number of ether oxygens (including phenoxy) is 2. The van der Waals surface area contributed by atoms with Gasteiger partial charge in [-0.2, -0.15) is 0 Å².